The summed E-state index contributed by atoms with van der Waals surface area (Å²) >= 11 is 0. The van der Waals surface area contributed by atoms with Crippen molar-refractivity contribution in [2.75, 3.05) is 11.9 Å². The number of hydrogen-bond acceptors (Lipinski definition) is 5. The van der Waals surface area contributed by atoms with Gasteiger partial charge in [0, 0.05) is 5.69 Å². The van der Waals surface area contributed by atoms with E-state index >= 15 is 0 Å². The Hall–Kier alpha value is -4.16. The highest BCUT2D eigenvalue weighted by molar-refractivity contribution is 6.09. The molecule has 2 aromatic carbocycles. The van der Waals surface area contributed by atoms with E-state index in [1.54, 1.807) is 49.4 Å². The van der Waals surface area contributed by atoms with E-state index in [1.807, 2.05) is 24.3 Å². The molecule has 0 aliphatic carbocycles. The Morgan fingerprint density at radius 2 is 1.50 bits per heavy atom. The Labute approximate surface area is 163 Å². The van der Waals surface area contributed by atoms with Crippen LogP contribution in [0.15, 0.2) is 65.7 Å². The SMILES string of the molecule is CCOC(=O)/C(C#N)=C/c1ccc(NC(=O)/C(C#N)=C/c2ccccc2)cc1. The molecule has 0 aliphatic heterocycles. The second kappa shape index (κ2) is 10.1. The molecule has 0 atom stereocenters. The van der Waals surface area contributed by atoms with Crippen LogP contribution < -0.4 is 5.32 Å². The van der Waals surface area contributed by atoms with Gasteiger partial charge >= 0.3 is 5.97 Å². The summed E-state index contributed by atoms with van der Waals surface area (Å²) in [6.45, 7) is 1.84. The number of amides is 1. The maximum absolute atomic E-state index is 12.3. The Morgan fingerprint density at radius 1 is 0.929 bits per heavy atom. The largest absolute Gasteiger partial charge is 0.462 e. The van der Waals surface area contributed by atoms with Crippen LogP contribution in [0.5, 0.6) is 0 Å². The van der Waals surface area contributed by atoms with E-state index in [1.165, 1.54) is 12.2 Å². The standard InChI is InChI=1S/C22H17N3O3/c1-2-28-22(27)19(15-24)13-17-8-10-20(11-9-17)25-21(26)18(14-23)12-16-6-4-3-5-7-16/h3-13H,2H2,1H3,(H,25,26)/b18-12+,19-13+. The Balaban J connectivity index is 2.12. The summed E-state index contributed by atoms with van der Waals surface area (Å²) in [5, 5.41) is 20.9. The summed E-state index contributed by atoms with van der Waals surface area (Å²) in [6, 6.07) is 19.3. The molecule has 138 valence electrons. The van der Waals surface area contributed by atoms with Crippen LogP contribution in [0, 0.1) is 22.7 Å². The number of hydrogen-bond donors (Lipinski definition) is 1. The smallest absolute Gasteiger partial charge is 0.348 e. The molecule has 0 radical (unpaired) electrons. The van der Waals surface area contributed by atoms with Gasteiger partial charge in [-0.3, -0.25) is 4.79 Å². The van der Waals surface area contributed by atoms with Crippen molar-refractivity contribution in [2.24, 2.45) is 0 Å². The number of benzene rings is 2. The predicted molar refractivity (Wildman–Crippen MR) is 105 cm³/mol. The first-order valence-electron chi connectivity index (χ1n) is 8.44. The van der Waals surface area contributed by atoms with Crippen LogP contribution in [0.4, 0.5) is 5.69 Å². The molecule has 0 unspecified atom stereocenters. The Morgan fingerprint density at radius 3 is 2.07 bits per heavy atom. The third-order valence-corrected chi connectivity index (χ3v) is 3.57. The average Bonchev–Trinajstić information content (AvgIpc) is 2.72. The molecule has 0 fully saturated rings. The second-order valence-electron chi connectivity index (χ2n) is 5.55. The third kappa shape index (κ3) is 5.69. The molecule has 0 saturated heterocycles. The van der Waals surface area contributed by atoms with Crippen molar-refractivity contribution in [3.8, 4) is 12.1 Å². The second-order valence-corrected chi connectivity index (χ2v) is 5.55. The van der Waals surface area contributed by atoms with Crippen LogP contribution in [-0.2, 0) is 14.3 Å². The van der Waals surface area contributed by atoms with Gasteiger partial charge in [0.25, 0.3) is 5.91 Å². The van der Waals surface area contributed by atoms with Gasteiger partial charge in [0.2, 0.25) is 0 Å². The number of carbonyl (C=O) groups is 2. The molecule has 0 saturated carbocycles. The van der Waals surface area contributed by atoms with E-state index in [-0.39, 0.29) is 17.8 Å². The average molecular weight is 371 g/mol. The normalized spacial score (nSPS) is 11.1. The number of nitrogens with zero attached hydrogens (tertiary/aromatic N) is 2. The molecule has 6 nitrogen and oxygen atoms in total. The summed E-state index contributed by atoms with van der Waals surface area (Å²) in [5.41, 5.74) is 1.69. The lowest BCUT2D eigenvalue weighted by atomic mass is 10.1. The van der Waals surface area contributed by atoms with Crippen LogP contribution >= 0.6 is 0 Å². The van der Waals surface area contributed by atoms with Crippen LogP contribution in [0.3, 0.4) is 0 Å². The van der Waals surface area contributed by atoms with E-state index in [0.29, 0.717) is 11.3 Å². The number of esters is 1. The summed E-state index contributed by atoms with van der Waals surface area (Å²) in [5.74, 6) is -1.22. The molecule has 0 aromatic heterocycles. The molecule has 0 heterocycles. The quantitative estimate of drug-likeness (QED) is 0.474. The van der Waals surface area contributed by atoms with Crippen LogP contribution in [-0.4, -0.2) is 18.5 Å². The lowest BCUT2D eigenvalue weighted by molar-refractivity contribution is -0.137. The maximum atomic E-state index is 12.3. The Bertz CT molecular complexity index is 992. The number of nitriles is 2. The third-order valence-electron chi connectivity index (χ3n) is 3.57. The zero-order valence-corrected chi connectivity index (χ0v) is 15.2. The van der Waals surface area contributed by atoms with E-state index in [9.17, 15) is 14.9 Å². The van der Waals surface area contributed by atoms with Crippen molar-refractivity contribution in [1.29, 1.82) is 10.5 Å². The first kappa shape index (κ1) is 20.2. The van der Waals surface area contributed by atoms with Crippen molar-refractivity contribution in [2.45, 2.75) is 6.92 Å². The number of carbonyl (C=O) groups excluding carboxylic acids is 2. The van der Waals surface area contributed by atoms with Gasteiger partial charge in [0.05, 0.1) is 6.61 Å². The maximum Gasteiger partial charge on any atom is 0.348 e. The predicted octanol–water partition coefficient (Wildman–Crippen LogP) is 3.70. The van der Waals surface area contributed by atoms with Crippen molar-refractivity contribution < 1.29 is 14.3 Å². The molecule has 0 aliphatic rings. The number of rotatable bonds is 6. The molecule has 6 heteroatoms. The molecule has 0 bridgehead atoms. The fourth-order valence-electron chi connectivity index (χ4n) is 2.24. The zero-order chi connectivity index (χ0) is 20.4. The number of ether oxygens (including phenoxy) is 1. The molecule has 1 amide bonds. The molecular formula is C22H17N3O3. The molecular weight excluding hydrogens is 354 g/mol. The van der Waals surface area contributed by atoms with Crippen molar-refractivity contribution in [1.82, 2.24) is 0 Å². The lowest BCUT2D eigenvalue weighted by Crippen LogP contribution is -2.13. The summed E-state index contributed by atoms with van der Waals surface area (Å²) in [6.07, 6.45) is 2.91. The van der Waals surface area contributed by atoms with E-state index in [0.717, 1.165) is 5.56 Å². The van der Waals surface area contributed by atoms with E-state index < -0.39 is 11.9 Å². The minimum absolute atomic E-state index is 0.0238. The number of nitrogens with one attached hydrogen (secondary N) is 1. The van der Waals surface area contributed by atoms with Crippen molar-refractivity contribution in [3.63, 3.8) is 0 Å². The van der Waals surface area contributed by atoms with E-state index in [2.05, 4.69) is 5.32 Å². The fraction of sp³-hybridized carbons (Fsp3) is 0.0909. The number of anilines is 1. The minimum atomic E-state index is -0.688. The highest BCUT2D eigenvalue weighted by Gasteiger charge is 2.11. The van der Waals surface area contributed by atoms with Crippen LogP contribution in [0.2, 0.25) is 0 Å². The topological polar surface area (TPSA) is 103 Å². The van der Waals surface area contributed by atoms with Gasteiger partial charge in [0.15, 0.2) is 0 Å². The lowest BCUT2D eigenvalue weighted by Gasteiger charge is -2.05. The van der Waals surface area contributed by atoms with Gasteiger partial charge in [-0.2, -0.15) is 10.5 Å². The summed E-state index contributed by atoms with van der Waals surface area (Å²) in [4.78, 5) is 23.9. The van der Waals surface area contributed by atoms with Gasteiger partial charge in [0.1, 0.15) is 23.3 Å². The van der Waals surface area contributed by atoms with Gasteiger partial charge in [-0.25, -0.2) is 4.79 Å². The van der Waals surface area contributed by atoms with Gasteiger partial charge in [-0.05, 0) is 42.3 Å². The molecule has 2 aromatic rings. The van der Waals surface area contributed by atoms with Gasteiger partial charge in [-0.1, -0.05) is 42.5 Å². The molecule has 28 heavy (non-hydrogen) atoms. The van der Waals surface area contributed by atoms with Gasteiger partial charge < -0.3 is 10.1 Å². The summed E-state index contributed by atoms with van der Waals surface area (Å²) < 4.78 is 4.81. The molecule has 1 N–H and O–H groups in total. The van der Waals surface area contributed by atoms with Crippen LogP contribution in [0.1, 0.15) is 18.1 Å². The van der Waals surface area contributed by atoms with Crippen molar-refractivity contribution in [3.05, 3.63) is 76.9 Å². The zero-order valence-electron chi connectivity index (χ0n) is 15.2. The molecule has 2 rings (SSSR count). The van der Waals surface area contributed by atoms with Crippen molar-refractivity contribution >= 4 is 29.7 Å². The highest BCUT2D eigenvalue weighted by Crippen LogP contribution is 2.15. The Kier molecular flexibility index (Phi) is 7.27. The highest BCUT2D eigenvalue weighted by atomic mass is 16.5. The first-order valence-corrected chi connectivity index (χ1v) is 8.44. The minimum Gasteiger partial charge on any atom is -0.462 e. The van der Waals surface area contributed by atoms with Gasteiger partial charge in [-0.15, -0.1) is 0 Å². The first-order chi connectivity index (χ1) is 13.6. The molecule has 0 spiro atoms. The van der Waals surface area contributed by atoms with Crippen LogP contribution in [0.25, 0.3) is 12.2 Å². The summed E-state index contributed by atoms with van der Waals surface area (Å²) in [7, 11) is 0. The fourth-order valence-corrected chi connectivity index (χ4v) is 2.24. The van der Waals surface area contributed by atoms with E-state index in [4.69, 9.17) is 10.00 Å². The monoisotopic (exact) mass is 371 g/mol.